The van der Waals surface area contributed by atoms with Crippen molar-refractivity contribution in [2.24, 2.45) is 5.92 Å². The molecular formula is C24H19BrN2O3. The van der Waals surface area contributed by atoms with Gasteiger partial charge in [0.05, 0.1) is 17.4 Å². The van der Waals surface area contributed by atoms with Gasteiger partial charge in [-0.15, -0.1) is 0 Å². The number of hydrogen-bond acceptors (Lipinski definition) is 4. The summed E-state index contributed by atoms with van der Waals surface area (Å²) in [5.74, 6) is -1.22. The van der Waals surface area contributed by atoms with Crippen molar-refractivity contribution in [2.75, 3.05) is 9.96 Å². The Kier molecular flexibility index (Phi) is 4.68. The van der Waals surface area contributed by atoms with E-state index >= 15 is 0 Å². The minimum absolute atomic E-state index is 0.249. The molecule has 0 aromatic heterocycles. The first kappa shape index (κ1) is 19.0. The molecule has 3 unspecified atom stereocenters. The Morgan fingerprint density at radius 3 is 2.20 bits per heavy atom. The Morgan fingerprint density at radius 1 is 0.833 bits per heavy atom. The number of aryl methyl sites for hydroxylation is 1. The fourth-order valence-electron chi connectivity index (χ4n) is 4.19. The standard InChI is InChI=1S/C24H19BrN2O3/c1-15-11-13-16(14-12-15)21-20-22(30-27(21)17-7-3-2-4-8-17)24(29)26(23(20)28)19-10-6-5-9-18(19)25/h2-14,20-22H,1H3. The molecule has 2 fully saturated rings. The van der Waals surface area contributed by atoms with E-state index in [4.69, 9.17) is 4.84 Å². The molecule has 0 N–H and O–H groups in total. The Hall–Kier alpha value is -2.96. The highest BCUT2D eigenvalue weighted by Crippen LogP contribution is 2.48. The van der Waals surface area contributed by atoms with Gasteiger partial charge < -0.3 is 0 Å². The molecule has 2 heterocycles. The van der Waals surface area contributed by atoms with Crippen molar-refractivity contribution in [2.45, 2.75) is 19.1 Å². The molecule has 0 saturated carbocycles. The van der Waals surface area contributed by atoms with Gasteiger partial charge >= 0.3 is 0 Å². The Morgan fingerprint density at radius 2 is 1.50 bits per heavy atom. The molecule has 5 rings (SSSR count). The molecule has 3 atom stereocenters. The first-order chi connectivity index (χ1) is 14.6. The number of fused-ring (bicyclic) bond motifs is 1. The van der Waals surface area contributed by atoms with Gasteiger partial charge in [-0.25, -0.2) is 9.96 Å². The molecule has 6 heteroatoms. The molecule has 0 aliphatic carbocycles. The first-order valence-electron chi connectivity index (χ1n) is 9.76. The summed E-state index contributed by atoms with van der Waals surface area (Å²) in [6.45, 7) is 2.02. The number of imide groups is 1. The molecule has 2 aliphatic heterocycles. The largest absolute Gasteiger partial charge is 0.273 e. The molecule has 30 heavy (non-hydrogen) atoms. The highest BCUT2D eigenvalue weighted by molar-refractivity contribution is 9.10. The minimum Gasteiger partial charge on any atom is -0.273 e. The fraction of sp³-hybridized carbons (Fsp3) is 0.167. The normalized spacial score (nSPS) is 23.2. The molecule has 0 bridgehead atoms. The zero-order valence-electron chi connectivity index (χ0n) is 16.2. The van der Waals surface area contributed by atoms with Gasteiger partial charge in [0.25, 0.3) is 5.91 Å². The average molecular weight is 463 g/mol. The number of rotatable bonds is 3. The number of nitrogens with zero attached hydrogens (tertiary/aromatic N) is 2. The van der Waals surface area contributed by atoms with Gasteiger partial charge in [-0.1, -0.05) is 60.2 Å². The van der Waals surface area contributed by atoms with E-state index in [1.165, 1.54) is 4.90 Å². The van der Waals surface area contributed by atoms with Crippen molar-refractivity contribution in [3.8, 4) is 0 Å². The number of para-hydroxylation sites is 2. The van der Waals surface area contributed by atoms with Crippen molar-refractivity contribution >= 4 is 39.1 Å². The molecule has 2 amide bonds. The van der Waals surface area contributed by atoms with E-state index in [0.717, 1.165) is 16.8 Å². The van der Waals surface area contributed by atoms with Gasteiger partial charge in [0, 0.05) is 4.47 Å². The van der Waals surface area contributed by atoms with Crippen LogP contribution in [0.25, 0.3) is 0 Å². The third-order valence-corrected chi connectivity index (χ3v) is 6.31. The highest BCUT2D eigenvalue weighted by Gasteiger charge is 2.60. The van der Waals surface area contributed by atoms with Gasteiger partial charge in [0.1, 0.15) is 5.92 Å². The number of hydrogen-bond donors (Lipinski definition) is 0. The molecule has 3 aromatic carbocycles. The predicted octanol–water partition coefficient (Wildman–Crippen LogP) is 4.81. The molecule has 2 aliphatic rings. The number of halogens is 1. The zero-order chi connectivity index (χ0) is 20.8. The second-order valence-corrected chi connectivity index (χ2v) is 8.39. The summed E-state index contributed by atoms with van der Waals surface area (Å²) in [6, 6.07) is 24.4. The van der Waals surface area contributed by atoms with Crippen molar-refractivity contribution in [3.05, 3.63) is 94.5 Å². The Balaban J connectivity index is 1.60. The van der Waals surface area contributed by atoms with Crippen molar-refractivity contribution in [1.29, 1.82) is 0 Å². The molecule has 2 saturated heterocycles. The average Bonchev–Trinajstić information content (AvgIpc) is 3.26. The maximum absolute atomic E-state index is 13.6. The number of carbonyl (C=O) groups excluding carboxylic acids is 2. The summed E-state index contributed by atoms with van der Waals surface area (Å²) in [7, 11) is 0. The Labute approximate surface area is 183 Å². The highest BCUT2D eigenvalue weighted by atomic mass is 79.9. The van der Waals surface area contributed by atoms with Gasteiger partial charge in [0.15, 0.2) is 6.10 Å². The van der Waals surface area contributed by atoms with Crippen molar-refractivity contribution < 1.29 is 14.4 Å². The lowest BCUT2D eigenvalue weighted by atomic mass is 9.90. The third-order valence-electron chi connectivity index (χ3n) is 5.64. The van der Waals surface area contributed by atoms with Crippen molar-refractivity contribution in [3.63, 3.8) is 0 Å². The maximum Gasteiger partial charge on any atom is 0.266 e. The van der Waals surface area contributed by atoms with E-state index in [1.54, 1.807) is 11.1 Å². The van der Waals surface area contributed by atoms with Crippen LogP contribution in [0.5, 0.6) is 0 Å². The minimum atomic E-state index is -0.865. The van der Waals surface area contributed by atoms with Crippen LogP contribution >= 0.6 is 15.9 Å². The smallest absolute Gasteiger partial charge is 0.266 e. The summed E-state index contributed by atoms with van der Waals surface area (Å²) in [5.41, 5.74) is 3.42. The number of carbonyl (C=O) groups is 2. The molecule has 5 nitrogen and oxygen atoms in total. The summed E-state index contributed by atoms with van der Waals surface area (Å²) in [4.78, 5) is 34.2. The molecular weight excluding hydrogens is 444 g/mol. The van der Waals surface area contributed by atoms with E-state index in [0.29, 0.717) is 10.2 Å². The lowest BCUT2D eigenvalue weighted by Crippen LogP contribution is -2.37. The second-order valence-electron chi connectivity index (χ2n) is 7.53. The fourth-order valence-corrected chi connectivity index (χ4v) is 4.65. The van der Waals surface area contributed by atoms with Gasteiger partial charge in [-0.05, 0) is 52.7 Å². The van der Waals surface area contributed by atoms with E-state index in [-0.39, 0.29) is 11.8 Å². The van der Waals surface area contributed by atoms with Crippen LogP contribution in [-0.2, 0) is 14.4 Å². The maximum atomic E-state index is 13.6. The van der Waals surface area contributed by atoms with Crippen LogP contribution < -0.4 is 9.96 Å². The number of hydroxylamine groups is 1. The van der Waals surface area contributed by atoms with Crippen molar-refractivity contribution in [1.82, 2.24) is 0 Å². The van der Waals surface area contributed by atoms with Crippen LogP contribution in [0.1, 0.15) is 17.2 Å². The van der Waals surface area contributed by atoms with Crippen LogP contribution in [0.4, 0.5) is 11.4 Å². The third kappa shape index (κ3) is 2.95. The SMILES string of the molecule is Cc1ccc(C2C3C(=O)N(c4ccccc4Br)C(=O)C3ON2c2ccccc2)cc1. The van der Waals surface area contributed by atoms with Crippen LogP contribution in [0.3, 0.4) is 0 Å². The summed E-state index contributed by atoms with van der Waals surface area (Å²) >= 11 is 3.46. The molecule has 0 spiro atoms. The van der Waals surface area contributed by atoms with E-state index < -0.39 is 18.1 Å². The summed E-state index contributed by atoms with van der Waals surface area (Å²) in [5, 5.41) is 1.72. The van der Waals surface area contributed by atoms with Crippen LogP contribution in [0.15, 0.2) is 83.3 Å². The van der Waals surface area contributed by atoms with Gasteiger partial charge in [-0.2, -0.15) is 0 Å². The van der Waals surface area contributed by atoms with Gasteiger partial charge in [-0.3, -0.25) is 14.4 Å². The number of anilines is 2. The molecule has 150 valence electrons. The number of benzene rings is 3. The summed E-state index contributed by atoms with van der Waals surface area (Å²) < 4.78 is 0.693. The molecule has 0 radical (unpaired) electrons. The van der Waals surface area contributed by atoms with E-state index in [9.17, 15) is 9.59 Å². The van der Waals surface area contributed by atoms with Crippen LogP contribution in [0.2, 0.25) is 0 Å². The summed E-state index contributed by atoms with van der Waals surface area (Å²) in [6.07, 6.45) is -0.865. The van der Waals surface area contributed by atoms with Gasteiger partial charge in [0.2, 0.25) is 5.91 Å². The van der Waals surface area contributed by atoms with E-state index in [2.05, 4.69) is 15.9 Å². The predicted molar refractivity (Wildman–Crippen MR) is 118 cm³/mol. The Bertz CT molecular complexity index is 1120. The van der Waals surface area contributed by atoms with Crippen LogP contribution in [-0.4, -0.2) is 17.9 Å². The topological polar surface area (TPSA) is 49.9 Å². The van der Waals surface area contributed by atoms with E-state index in [1.807, 2.05) is 79.7 Å². The quantitative estimate of drug-likeness (QED) is 0.524. The zero-order valence-corrected chi connectivity index (χ0v) is 17.8. The van der Waals surface area contributed by atoms with Crippen LogP contribution in [0, 0.1) is 12.8 Å². The lowest BCUT2D eigenvalue weighted by molar-refractivity contribution is -0.126. The number of amides is 2. The monoisotopic (exact) mass is 462 g/mol. The molecule has 3 aromatic rings. The second kappa shape index (κ2) is 7.38. The lowest BCUT2D eigenvalue weighted by Gasteiger charge is -2.29. The first-order valence-corrected chi connectivity index (χ1v) is 10.6.